The van der Waals surface area contributed by atoms with Crippen LogP contribution in [0.4, 0.5) is 10.3 Å². The number of halogens is 3. The second kappa shape index (κ2) is 5.39. The van der Waals surface area contributed by atoms with Crippen LogP contribution < -0.4 is 5.73 Å². The highest BCUT2D eigenvalue weighted by molar-refractivity contribution is 6.34. The average Bonchev–Trinajstić information content (AvgIpc) is 2.81. The van der Waals surface area contributed by atoms with Gasteiger partial charge < -0.3 is 10.3 Å². The molecule has 0 spiro atoms. The van der Waals surface area contributed by atoms with Crippen molar-refractivity contribution in [3.8, 4) is 22.4 Å². The number of nitrogens with zero attached hydrogens (tertiary/aromatic N) is 1. The van der Waals surface area contributed by atoms with Crippen molar-refractivity contribution >= 4 is 29.1 Å². The van der Waals surface area contributed by atoms with Crippen molar-refractivity contribution in [2.45, 2.75) is 0 Å². The Morgan fingerprint density at radius 1 is 0.952 bits per heavy atom. The van der Waals surface area contributed by atoms with Gasteiger partial charge in [-0.3, -0.25) is 0 Å². The zero-order valence-corrected chi connectivity index (χ0v) is 12.1. The Bertz CT molecular complexity index is 797. The summed E-state index contributed by atoms with van der Waals surface area (Å²) >= 11 is 12.3. The lowest BCUT2D eigenvalue weighted by Gasteiger charge is -2.07. The first-order valence-electron chi connectivity index (χ1n) is 6.04. The van der Waals surface area contributed by atoms with Crippen LogP contribution in [0, 0.1) is 5.82 Å². The van der Waals surface area contributed by atoms with Gasteiger partial charge in [-0.05, 0) is 18.2 Å². The maximum atomic E-state index is 14.1. The predicted octanol–water partition coefficient (Wildman–Crippen LogP) is 5.04. The Balaban J connectivity index is 2.31. The molecule has 3 rings (SSSR count). The Morgan fingerprint density at radius 2 is 1.67 bits per heavy atom. The molecule has 3 nitrogen and oxygen atoms in total. The number of hydrogen-bond donors (Lipinski definition) is 1. The molecule has 0 radical (unpaired) electrons. The summed E-state index contributed by atoms with van der Waals surface area (Å²) in [6, 6.07) is 11.4. The van der Waals surface area contributed by atoms with E-state index in [4.69, 9.17) is 33.5 Å². The van der Waals surface area contributed by atoms with Crippen LogP contribution in [0.1, 0.15) is 0 Å². The van der Waals surface area contributed by atoms with E-state index in [1.54, 1.807) is 30.3 Å². The largest absolute Gasteiger partial charge is 0.367 e. The minimum Gasteiger partial charge on any atom is -0.367 e. The van der Waals surface area contributed by atoms with E-state index in [-0.39, 0.29) is 16.5 Å². The zero-order valence-electron chi connectivity index (χ0n) is 10.6. The molecule has 0 fully saturated rings. The molecule has 0 saturated carbocycles. The molecule has 0 amide bonds. The monoisotopic (exact) mass is 322 g/mol. The lowest BCUT2D eigenvalue weighted by Crippen LogP contribution is -1.92. The van der Waals surface area contributed by atoms with Crippen LogP contribution in [0.25, 0.3) is 22.4 Å². The first-order valence-corrected chi connectivity index (χ1v) is 6.79. The maximum absolute atomic E-state index is 14.1. The Labute approximate surface area is 130 Å². The molecule has 0 unspecified atom stereocenters. The van der Waals surface area contributed by atoms with Gasteiger partial charge in [0.2, 0.25) is 5.88 Å². The molecule has 21 heavy (non-hydrogen) atoms. The molecule has 1 aromatic heterocycles. The third-order valence-electron chi connectivity index (χ3n) is 3.06. The molecule has 3 aromatic rings. The molecule has 1 heterocycles. The fourth-order valence-corrected chi connectivity index (χ4v) is 2.60. The van der Waals surface area contributed by atoms with Crippen LogP contribution in [0.3, 0.4) is 0 Å². The van der Waals surface area contributed by atoms with Crippen molar-refractivity contribution in [1.29, 1.82) is 0 Å². The molecule has 106 valence electrons. The summed E-state index contributed by atoms with van der Waals surface area (Å²) in [4.78, 5) is 0. The van der Waals surface area contributed by atoms with E-state index in [1.807, 2.05) is 0 Å². The smallest absolute Gasteiger partial charge is 0.230 e. The topological polar surface area (TPSA) is 52.0 Å². The normalized spacial score (nSPS) is 10.8. The molecule has 0 saturated heterocycles. The predicted molar refractivity (Wildman–Crippen MR) is 81.8 cm³/mol. The molecule has 0 aliphatic heterocycles. The van der Waals surface area contributed by atoms with Gasteiger partial charge >= 0.3 is 0 Å². The minimum atomic E-state index is -0.509. The summed E-state index contributed by atoms with van der Waals surface area (Å²) in [5.74, 6) is -0.525. The molecule has 2 aromatic carbocycles. The Morgan fingerprint density at radius 3 is 2.38 bits per heavy atom. The van der Waals surface area contributed by atoms with Gasteiger partial charge in [0.15, 0.2) is 0 Å². The highest BCUT2D eigenvalue weighted by atomic mass is 35.5. The highest BCUT2D eigenvalue weighted by Crippen LogP contribution is 2.42. The van der Waals surface area contributed by atoms with E-state index >= 15 is 0 Å². The number of rotatable bonds is 2. The summed E-state index contributed by atoms with van der Waals surface area (Å²) in [5, 5.41) is 4.57. The van der Waals surface area contributed by atoms with E-state index in [0.717, 1.165) is 0 Å². The number of aromatic nitrogens is 1. The van der Waals surface area contributed by atoms with Crippen molar-refractivity contribution in [3.63, 3.8) is 0 Å². The molecule has 0 bridgehead atoms. The fourth-order valence-electron chi connectivity index (χ4n) is 2.12. The zero-order chi connectivity index (χ0) is 15.0. The van der Waals surface area contributed by atoms with Crippen LogP contribution in [0.5, 0.6) is 0 Å². The molecular weight excluding hydrogens is 314 g/mol. The number of nitrogens with two attached hydrogens (primary N) is 1. The fraction of sp³-hybridized carbons (Fsp3) is 0. The summed E-state index contributed by atoms with van der Waals surface area (Å²) in [6.07, 6.45) is 0. The van der Waals surface area contributed by atoms with E-state index in [0.29, 0.717) is 21.8 Å². The Kier molecular flexibility index (Phi) is 3.57. The van der Waals surface area contributed by atoms with Gasteiger partial charge in [-0.25, -0.2) is 4.39 Å². The lowest BCUT2D eigenvalue weighted by molar-refractivity contribution is 0.439. The number of nitrogen functional groups attached to an aromatic ring is 1. The van der Waals surface area contributed by atoms with E-state index in [1.165, 1.54) is 12.1 Å². The standard InChI is InChI=1S/C15H9Cl2FN2O/c16-9-5-2-1-4-8(9)14-13(15(19)21-20-14)12-10(17)6-3-7-11(12)18/h1-7H,19H2. The van der Waals surface area contributed by atoms with Crippen LogP contribution >= 0.6 is 23.2 Å². The molecule has 2 N–H and O–H groups in total. The molecular formula is C15H9Cl2FN2O. The Hall–Kier alpha value is -2.04. The third-order valence-corrected chi connectivity index (χ3v) is 3.70. The summed E-state index contributed by atoms with van der Waals surface area (Å²) in [6.45, 7) is 0. The van der Waals surface area contributed by atoms with Crippen LogP contribution in [-0.2, 0) is 0 Å². The third kappa shape index (κ3) is 2.37. The molecule has 0 atom stereocenters. The minimum absolute atomic E-state index is 0.0167. The van der Waals surface area contributed by atoms with Crippen molar-refractivity contribution in [3.05, 3.63) is 58.3 Å². The van der Waals surface area contributed by atoms with Gasteiger partial charge in [-0.1, -0.05) is 52.6 Å². The van der Waals surface area contributed by atoms with Gasteiger partial charge in [-0.2, -0.15) is 0 Å². The number of hydrogen-bond acceptors (Lipinski definition) is 3. The highest BCUT2D eigenvalue weighted by Gasteiger charge is 2.23. The first-order chi connectivity index (χ1) is 10.1. The van der Waals surface area contributed by atoms with E-state index < -0.39 is 5.82 Å². The summed E-state index contributed by atoms with van der Waals surface area (Å²) in [7, 11) is 0. The van der Waals surface area contributed by atoms with Crippen molar-refractivity contribution in [2.24, 2.45) is 0 Å². The van der Waals surface area contributed by atoms with Gasteiger partial charge in [0.1, 0.15) is 11.5 Å². The summed E-state index contributed by atoms with van der Waals surface area (Å²) < 4.78 is 19.2. The van der Waals surface area contributed by atoms with Crippen LogP contribution in [0.15, 0.2) is 47.0 Å². The van der Waals surface area contributed by atoms with Gasteiger partial charge in [-0.15, -0.1) is 0 Å². The maximum Gasteiger partial charge on any atom is 0.230 e. The van der Waals surface area contributed by atoms with Crippen molar-refractivity contribution < 1.29 is 8.91 Å². The second-order valence-corrected chi connectivity index (χ2v) is 5.16. The first kappa shape index (κ1) is 13.9. The van der Waals surface area contributed by atoms with Crippen molar-refractivity contribution in [1.82, 2.24) is 5.16 Å². The van der Waals surface area contributed by atoms with E-state index in [2.05, 4.69) is 5.16 Å². The lowest BCUT2D eigenvalue weighted by atomic mass is 10.0. The SMILES string of the molecule is Nc1onc(-c2ccccc2Cl)c1-c1c(F)cccc1Cl. The van der Waals surface area contributed by atoms with Gasteiger partial charge in [0, 0.05) is 11.1 Å². The van der Waals surface area contributed by atoms with Gasteiger partial charge in [0.05, 0.1) is 15.6 Å². The molecule has 0 aliphatic rings. The number of anilines is 1. The van der Waals surface area contributed by atoms with Crippen LogP contribution in [-0.4, -0.2) is 5.16 Å². The van der Waals surface area contributed by atoms with Crippen LogP contribution in [0.2, 0.25) is 10.0 Å². The average molecular weight is 323 g/mol. The molecule has 0 aliphatic carbocycles. The number of benzene rings is 2. The summed E-state index contributed by atoms with van der Waals surface area (Å²) in [5.41, 5.74) is 7.19. The van der Waals surface area contributed by atoms with Gasteiger partial charge in [0.25, 0.3) is 0 Å². The van der Waals surface area contributed by atoms with E-state index in [9.17, 15) is 4.39 Å². The molecule has 6 heteroatoms. The second-order valence-electron chi connectivity index (χ2n) is 4.35. The quantitative estimate of drug-likeness (QED) is 0.719. The van der Waals surface area contributed by atoms with Crippen molar-refractivity contribution in [2.75, 3.05) is 5.73 Å².